The van der Waals surface area contributed by atoms with Crippen LogP contribution in [0.15, 0.2) is 27.9 Å². The maximum absolute atomic E-state index is 13.0. The van der Waals surface area contributed by atoms with Gasteiger partial charge in [-0.2, -0.15) is 0 Å². The van der Waals surface area contributed by atoms with Crippen LogP contribution in [0.2, 0.25) is 5.15 Å². The average Bonchev–Trinajstić information content (AvgIpc) is 2.60. The molecule has 0 radical (unpaired) electrons. The van der Waals surface area contributed by atoms with E-state index in [1.165, 1.54) is 21.7 Å². The first-order chi connectivity index (χ1) is 12.4. The van der Waals surface area contributed by atoms with Gasteiger partial charge in [-0.25, -0.2) is 9.78 Å². The smallest absolute Gasteiger partial charge is 0.330 e. The molecule has 2 aromatic rings. The fourth-order valence-electron chi connectivity index (χ4n) is 2.61. The van der Waals surface area contributed by atoms with Gasteiger partial charge in [0.05, 0.1) is 5.56 Å². The van der Waals surface area contributed by atoms with Gasteiger partial charge in [-0.1, -0.05) is 31.9 Å². The summed E-state index contributed by atoms with van der Waals surface area (Å²) in [4.78, 5) is 44.9. The van der Waals surface area contributed by atoms with Crippen LogP contribution in [-0.2, 0) is 6.54 Å². The largest absolute Gasteiger partial charge is 0.383 e. The molecule has 3 N–H and O–H groups in total. The van der Waals surface area contributed by atoms with Crippen LogP contribution in [0.5, 0.6) is 0 Å². The Labute approximate surface area is 155 Å². The Balaban J connectivity index is 2.60. The van der Waals surface area contributed by atoms with Gasteiger partial charge in [0, 0.05) is 19.3 Å². The molecule has 0 aliphatic carbocycles. The van der Waals surface area contributed by atoms with Crippen LogP contribution >= 0.6 is 11.6 Å². The van der Waals surface area contributed by atoms with Crippen molar-refractivity contribution >= 4 is 29.0 Å². The lowest BCUT2D eigenvalue weighted by atomic mass is 10.2. The minimum absolute atomic E-state index is 0.0333. The number of nitrogens with two attached hydrogens (primary N) is 1. The van der Waals surface area contributed by atoms with Gasteiger partial charge in [-0.05, 0) is 25.0 Å². The number of carbonyl (C=O) groups is 1. The Morgan fingerprint density at radius 1 is 1.35 bits per heavy atom. The number of nitrogen functional groups attached to an aromatic ring is 1. The molecule has 0 unspecified atom stereocenters. The van der Waals surface area contributed by atoms with E-state index in [1.54, 1.807) is 6.07 Å². The molecular formula is C17H22ClN5O3. The van der Waals surface area contributed by atoms with Crippen LogP contribution < -0.4 is 21.9 Å². The summed E-state index contributed by atoms with van der Waals surface area (Å²) in [5, 5.41) is 0.0351. The molecule has 0 atom stereocenters. The van der Waals surface area contributed by atoms with Crippen molar-refractivity contribution in [3.05, 3.63) is 49.9 Å². The highest BCUT2D eigenvalue weighted by atomic mass is 35.5. The Morgan fingerprint density at radius 2 is 2.08 bits per heavy atom. The van der Waals surface area contributed by atoms with Crippen LogP contribution in [0.4, 0.5) is 11.5 Å². The lowest BCUT2D eigenvalue weighted by Crippen LogP contribution is -2.41. The highest BCUT2D eigenvalue weighted by Gasteiger charge is 2.26. The van der Waals surface area contributed by atoms with Crippen molar-refractivity contribution in [1.82, 2.24) is 14.5 Å². The number of amides is 1. The third kappa shape index (κ3) is 3.96. The number of hydrogen-bond acceptors (Lipinski definition) is 5. The summed E-state index contributed by atoms with van der Waals surface area (Å²) in [5.41, 5.74) is 4.93. The molecule has 9 heteroatoms. The molecule has 1 amide bonds. The van der Waals surface area contributed by atoms with Crippen molar-refractivity contribution in [2.45, 2.75) is 39.7 Å². The van der Waals surface area contributed by atoms with Crippen molar-refractivity contribution in [3.8, 4) is 0 Å². The molecule has 2 rings (SSSR count). The van der Waals surface area contributed by atoms with E-state index in [1.807, 2.05) is 13.8 Å². The van der Waals surface area contributed by atoms with E-state index >= 15 is 0 Å². The molecule has 0 aromatic carbocycles. The summed E-state index contributed by atoms with van der Waals surface area (Å²) >= 11 is 6.02. The van der Waals surface area contributed by atoms with E-state index in [9.17, 15) is 14.4 Å². The number of aromatic amines is 1. The van der Waals surface area contributed by atoms with Gasteiger partial charge in [0.25, 0.3) is 11.5 Å². The molecule has 0 aliphatic rings. The number of anilines is 2. The lowest BCUT2D eigenvalue weighted by molar-refractivity contribution is 0.0986. The minimum Gasteiger partial charge on any atom is -0.383 e. The number of pyridine rings is 1. The Bertz CT molecular complexity index is 906. The number of aromatic nitrogens is 3. The highest BCUT2D eigenvalue weighted by molar-refractivity contribution is 6.33. The average molecular weight is 380 g/mol. The molecule has 0 saturated heterocycles. The van der Waals surface area contributed by atoms with Crippen molar-refractivity contribution in [3.63, 3.8) is 0 Å². The molecule has 26 heavy (non-hydrogen) atoms. The number of nitrogens with one attached hydrogen (secondary N) is 1. The Kier molecular flexibility index (Phi) is 6.57. The van der Waals surface area contributed by atoms with Gasteiger partial charge in [0.1, 0.15) is 11.0 Å². The predicted molar refractivity (Wildman–Crippen MR) is 102 cm³/mol. The van der Waals surface area contributed by atoms with E-state index in [0.29, 0.717) is 19.4 Å². The molecule has 0 fully saturated rings. The van der Waals surface area contributed by atoms with E-state index in [0.717, 1.165) is 6.42 Å². The fraction of sp³-hybridized carbons (Fsp3) is 0.412. The second kappa shape index (κ2) is 8.66. The summed E-state index contributed by atoms with van der Waals surface area (Å²) < 4.78 is 1.28. The zero-order chi connectivity index (χ0) is 19.3. The van der Waals surface area contributed by atoms with Gasteiger partial charge < -0.3 is 10.6 Å². The molecule has 0 spiro atoms. The van der Waals surface area contributed by atoms with Crippen LogP contribution in [0.1, 0.15) is 43.5 Å². The molecule has 0 bridgehead atoms. The fourth-order valence-corrected chi connectivity index (χ4v) is 2.81. The summed E-state index contributed by atoms with van der Waals surface area (Å²) in [6.07, 6.45) is 3.61. The summed E-state index contributed by atoms with van der Waals surface area (Å²) in [5.74, 6) is -0.531. The maximum atomic E-state index is 13.0. The second-order valence-corrected chi connectivity index (χ2v) is 6.15. The minimum atomic E-state index is -0.706. The number of nitrogens with zero attached hydrogens (tertiary/aromatic N) is 3. The maximum Gasteiger partial charge on any atom is 0.330 e. The molecule has 0 aliphatic heterocycles. The third-order valence-electron chi connectivity index (χ3n) is 3.90. The molecular weight excluding hydrogens is 358 g/mol. The van der Waals surface area contributed by atoms with Crippen LogP contribution in [-0.4, -0.2) is 27.0 Å². The second-order valence-electron chi connectivity index (χ2n) is 5.80. The Morgan fingerprint density at radius 3 is 2.69 bits per heavy atom. The van der Waals surface area contributed by atoms with Gasteiger partial charge in [0.15, 0.2) is 5.69 Å². The van der Waals surface area contributed by atoms with Crippen LogP contribution in [0.25, 0.3) is 0 Å². The number of halogens is 1. The van der Waals surface area contributed by atoms with E-state index in [-0.39, 0.29) is 28.8 Å². The van der Waals surface area contributed by atoms with E-state index in [4.69, 9.17) is 17.3 Å². The number of rotatable bonds is 7. The summed E-state index contributed by atoms with van der Waals surface area (Å²) in [7, 11) is 0. The van der Waals surface area contributed by atoms with Gasteiger partial charge >= 0.3 is 5.69 Å². The van der Waals surface area contributed by atoms with Crippen LogP contribution in [0, 0.1) is 0 Å². The zero-order valence-electron chi connectivity index (χ0n) is 14.8. The Hall–Kier alpha value is -2.61. The quantitative estimate of drug-likeness (QED) is 0.714. The van der Waals surface area contributed by atoms with Gasteiger partial charge in [-0.3, -0.25) is 19.1 Å². The first-order valence-electron chi connectivity index (χ1n) is 8.47. The summed E-state index contributed by atoms with van der Waals surface area (Å²) in [6.45, 7) is 4.43. The van der Waals surface area contributed by atoms with Crippen molar-refractivity contribution in [2.24, 2.45) is 0 Å². The molecule has 2 aromatic heterocycles. The number of carbonyl (C=O) groups excluding carboxylic acids is 1. The predicted octanol–water partition coefficient (Wildman–Crippen LogP) is 2.02. The number of unbranched alkanes of at least 4 members (excludes halogenated alkanes) is 1. The monoisotopic (exact) mass is 379 g/mol. The molecule has 140 valence electrons. The first-order valence-corrected chi connectivity index (χ1v) is 8.85. The molecule has 0 saturated carbocycles. The SMILES string of the molecule is CCCCn1c(N)c(N(CCC)C(=O)c2cccnc2Cl)c(=O)[nH]c1=O. The molecule has 2 heterocycles. The normalized spacial score (nSPS) is 10.7. The topological polar surface area (TPSA) is 114 Å². The molecule has 8 nitrogen and oxygen atoms in total. The van der Waals surface area contributed by atoms with Crippen molar-refractivity contribution in [1.29, 1.82) is 0 Å². The van der Waals surface area contributed by atoms with Crippen molar-refractivity contribution < 1.29 is 4.79 Å². The van der Waals surface area contributed by atoms with Crippen molar-refractivity contribution in [2.75, 3.05) is 17.2 Å². The van der Waals surface area contributed by atoms with E-state index in [2.05, 4.69) is 9.97 Å². The standard InChI is InChI=1S/C17H22ClN5O3/c1-3-5-10-23-14(19)12(15(24)21-17(23)26)22(9-4-2)16(25)11-7-6-8-20-13(11)18/h6-8H,3-5,9-10,19H2,1-2H3,(H,21,24,26). The summed E-state index contributed by atoms with van der Waals surface area (Å²) in [6, 6.07) is 3.11. The van der Waals surface area contributed by atoms with Crippen LogP contribution in [0.3, 0.4) is 0 Å². The third-order valence-corrected chi connectivity index (χ3v) is 4.20. The zero-order valence-corrected chi connectivity index (χ0v) is 15.5. The van der Waals surface area contributed by atoms with Gasteiger partial charge in [-0.15, -0.1) is 0 Å². The van der Waals surface area contributed by atoms with Gasteiger partial charge in [0.2, 0.25) is 0 Å². The first kappa shape index (κ1) is 19.7. The lowest BCUT2D eigenvalue weighted by Gasteiger charge is -2.24. The number of hydrogen-bond donors (Lipinski definition) is 2. The number of H-pyrrole nitrogens is 1. The highest BCUT2D eigenvalue weighted by Crippen LogP contribution is 2.22. The van der Waals surface area contributed by atoms with E-state index < -0.39 is 17.2 Å².